The minimum absolute atomic E-state index is 0.188. The molecule has 0 aliphatic rings. The Labute approximate surface area is 127 Å². The first kappa shape index (κ1) is 13.3. The molecule has 0 aliphatic carbocycles. The first-order valence-corrected chi connectivity index (χ1v) is 6.95. The largest absolute Gasteiger partial charge is 0.505 e. The van der Waals surface area contributed by atoms with Crippen LogP contribution in [0.2, 0.25) is 0 Å². The van der Waals surface area contributed by atoms with E-state index >= 15 is 0 Å². The maximum absolute atomic E-state index is 10.2. The normalized spacial score (nSPS) is 11.2. The molecule has 6 heteroatoms. The third-order valence-electron chi connectivity index (χ3n) is 3.12. The average Bonchev–Trinajstić information content (AvgIpc) is 2.77. The monoisotopic (exact) mass is 303 g/mol. The fourth-order valence-corrected chi connectivity index (χ4v) is 2.51. The van der Waals surface area contributed by atoms with Crippen LogP contribution >= 0.6 is 25.3 Å². The van der Waals surface area contributed by atoms with Gasteiger partial charge in [-0.15, -0.1) is 40.3 Å². The van der Waals surface area contributed by atoms with Gasteiger partial charge in [0.1, 0.15) is 22.5 Å². The summed E-state index contributed by atoms with van der Waals surface area (Å²) >= 11 is 8.64. The molecule has 3 rings (SSSR count). The van der Waals surface area contributed by atoms with E-state index in [4.69, 9.17) is 0 Å². The second-order valence-electron chi connectivity index (χ2n) is 4.77. The summed E-state index contributed by atoms with van der Waals surface area (Å²) in [4.78, 5) is 2.94. The molecule has 2 aromatic carbocycles. The van der Waals surface area contributed by atoms with Crippen molar-refractivity contribution in [2.45, 2.75) is 23.6 Å². The predicted octanol–water partition coefficient (Wildman–Crippen LogP) is 3.32. The topological polar surface area (TPSA) is 50.9 Å². The first-order valence-electron chi connectivity index (χ1n) is 6.05. The van der Waals surface area contributed by atoms with Gasteiger partial charge in [0, 0.05) is 9.79 Å². The highest BCUT2D eigenvalue weighted by Crippen LogP contribution is 2.28. The van der Waals surface area contributed by atoms with Gasteiger partial charge < -0.3 is 5.11 Å². The van der Waals surface area contributed by atoms with E-state index in [1.165, 1.54) is 4.80 Å². The van der Waals surface area contributed by atoms with Gasteiger partial charge in [0.05, 0.1) is 0 Å². The summed E-state index contributed by atoms with van der Waals surface area (Å²) in [6, 6.07) is 7.39. The molecule has 0 bridgehead atoms. The van der Waals surface area contributed by atoms with E-state index < -0.39 is 0 Å². The van der Waals surface area contributed by atoms with Gasteiger partial charge in [-0.3, -0.25) is 0 Å². The molecule has 0 saturated heterocycles. The molecule has 0 fully saturated rings. The molecule has 0 amide bonds. The molecule has 1 aromatic heterocycles. The Morgan fingerprint density at radius 1 is 0.950 bits per heavy atom. The molecule has 20 heavy (non-hydrogen) atoms. The third kappa shape index (κ3) is 2.14. The van der Waals surface area contributed by atoms with Crippen LogP contribution in [0.3, 0.4) is 0 Å². The zero-order valence-electron chi connectivity index (χ0n) is 11.0. The van der Waals surface area contributed by atoms with Crippen LogP contribution in [-0.4, -0.2) is 20.1 Å². The van der Waals surface area contributed by atoms with Crippen LogP contribution in [0, 0.1) is 13.8 Å². The molecule has 3 aromatic rings. The Kier molecular flexibility index (Phi) is 3.14. The van der Waals surface area contributed by atoms with Gasteiger partial charge in [0.25, 0.3) is 0 Å². The van der Waals surface area contributed by atoms with Gasteiger partial charge in [-0.25, -0.2) is 0 Å². The van der Waals surface area contributed by atoms with E-state index in [1.807, 2.05) is 38.1 Å². The maximum Gasteiger partial charge on any atom is 0.146 e. The summed E-state index contributed by atoms with van der Waals surface area (Å²) in [5, 5.41) is 19.0. The number of aromatic hydroxyl groups is 1. The Balaban J connectivity index is 2.25. The van der Waals surface area contributed by atoms with Gasteiger partial charge in [-0.05, 0) is 43.2 Å². The second-order valence-corrected chi connectivity index (χ2v) is 5.73. The lowest BCUT2D eigenvalue weighted by Crippen LogP contribution is -2.00. The van der Waals surface area contributed by atoms with Crippen molar-refractivity contribution in [3.63, 3.8) is 0 Å². The van der Waals surface area contributed by atoms with Crippen LogP contribution in [0.5, 0.6) is 5.75 Å². The zero-order chi connectivity index (χ0) is 14.4. The average molecular weight is 303 g/mol. The van der Waals surface area contributed by atoms with Gasteiger partial charge in [-0.1, -0.05) is 6.07 Å². The Morgan fingerprint density at radius 2 is 1.50 bits per heavy atom. The van der Waals surface area contributed by atoms with Crippen molar-refractivity contribution in [2.24, 2.45) is 0 Å². The quantitative estimate of drug-likeness (QED) is 0.604. The fourth-order valence-electron chi connectivity index (χ4n) is 2.14. The lowest BCUT2D eigenvalue weighted by molar-refractivity contribution is 0.463. The SMILES string of the molecule is Cc1cc(C)c(O)c(-n2nc3cc(S)c(S)cc3n2)c1. The molecule has 0 spiro atoms. The molecular formula is C14H13N3OS2. The van der Waals surface area contributed by atoms with Gasteiger partial charge in [0.2, 0.25) is 0 Å². The zero-order valence-corrected chi connectivity index (χ0v) is 12.8. The molecule has 0 atom stereocenters. The summed E-state index contributed by atoms with van der Waals surface area (Å²) in [7, 11) is 0. The van der Waals surface area contributed by atoms with Crippen molar-refractivity contribution < 1.29 is 5.11 Å². The molecular weight excluding hydrogens is 290 g/mol. The summed E-state index contributed by atoms with van der Waals surface area (Å²) in [6.07, 6.45) is 0. The van der Waals surface area contributed by atoms with Crippen molar-refractivity contribution in [3.8, 4) is 11.4 Å². The number of benzene rings is 2. The number of aromatic nitrogens is 3. The Bertz CT molecular complexity index is 788. The fraction of sp³-hybridized carbons (Fsp3) is 0.143. The second kappa shape index (κ2) is 4.71. The summed E-state index contributed by atoms with van der Waals surface area (Å²) in [5.41, 5.74) is 3.84. The highest BCUT2D eigenvalue weighted by Gasteiger charge is 2.12. The number of rotatable bonds is 1. The van der Waals surface area contributed by atoms with Gasteiger partial charge >= 0.3 is 0 Å². The van der Waals surface area contributed by atoms with Crippen molar-refractivity contribution in [2.75, 3.05) is 0 Å². The van der Waals surface area contributed by atoms with E-state index in [9.17, 15) is 5.11 Å². The van der Waals surface area contributed by atoms with Crippen molar-refractivity contribution in [3.05, 3.63) is 35.4 Å². The number of phenols is 1. The van der Waals surface area contributed by atoms with Gasteiger partial charge in [-0.2, -0.15) is 0 Å². The third-order valence-corrected chi connectivity index (χ3v) is 4.03. The molecule has 0 saturated carbocycles. The molecule has 1 heterocycles. The Hall–Kier alpha value is -1.66. The number of thiol groups is 2. The van der Waals surface area contributed by atoms with Crippen LogP contribution in [0.4, 0.5) is 0 Å². The number of fused-ring (bicyclic) bond motifs is 1. The van der Waals surface area contributed by atoms with Crippen LogP contribution in [-0.2, 0) is 0 Å². The van der Waals surface area contributed by atoms with E-state index in [1.54, 1.807) is 0 Å². The summed E-state index contributed by atoms with van der Waals surface area (Å²) in [5.74, 6) is 0.188. The summed E-state index contributed by atoms with van der Waals surface area (Å²) < 4.78 is 0. The van der Waals surface area contributed by atoms with Crippen LogP contribution in [0.25, 0.3) is 16.7 Å². The minimum Gasteiger partial charge on any atom is -0.505 e. The smallest absolute Gasteiger partial charge is 0.146 e. The van der Waals surface area contributed by atoms with Crippen molar-refractivity contribution in [1.29, 1.82) is 0 Å². The molecule has 0 aliphatic heterocycles. The molecule has 102 valence electrons. The number of nitrogens with zero attached hydrogens (tertiary/aromatic N) is 3. The van der Waals surface area contributed by atoms with Gasteiger partial charge in [0.15, 0.2) is 0 Å². The van der Waals surface area contributed by atoms with Crippen LogP contribution in [0.15, 0.2) is 34.1 Å². The lowest BCUT2D eigenvalue weighted by atomic mass is 10.1. The van der Waals surface area contributed by atoms with E-state index in [0.717, 1.165) is 20.9 Å². The van der Waals surface area contributed by atoms with Crippen LogP contribution in [0.1, 0.15) is 11.1 Å². The van der Waals surface area contributed by atoms with Crippen LogP contribution < -0.4 is 0 Å². The first-order chi connectivity index (χ1) is 9.45. The lowest BCUT2D eigenvalue weighted by Gasteiger charge is -2.07. The Morgan fingerprint density at radius 3 is 2.05 bits per heavy atom. The van der Waals surface area contributed by atoms with E-state index in [-0.39, 0.29) is 5.75 Å². The van der Waals surface area contributed by atoms with E-state index in [0.29, 0.717) is 16.7 Å². The number of aryl methyl sites for hydroxylation is 2. The highest BCUT2D eigenvalue weighted by atomic mass is 32.1. The molecule has 0 radical (unpaired) electrons. The van der Waals surface area contributed by atoms with E-state index in [2.05, 4.69) is 35.5 Å². The molecule has 1 N–H and O–H groups in total. The predicted molar refractivity (Wildman–Crippen MR) is 84.5 cm³/mol. The van der Waals surface area contributed by atoms with Crippen molar-refractivity contribution in [1.82, 2.24) is 15.0 Å². The standard InChI is InChI=1S/C14H13N3OS2/c1-7-3-8(2)14(18)11(4-7)17-15-9-5-12(19)13(20)6-10(9)16-17/h3-6,18-20H,1-2H3. The minimum atomic E-state index is 0.188. The molecule has 4 nitrogen and oxygen atoms in total. The maximum atomic E-state index is 10.2. The summed E-state index contributed by atoms with van der Waals surface area (Å²) in [6.45, 7) is 3.82. The number of hydrogen-bond donors (Lipinski definition) is 3. The molecule has 0 unspecified atom stereocenters. The number of phenolic OH excluding ortho intramolecular Hbond substituents is 1. The number of hydrogen-bond acceptors (Lipinski definition) is 5. The van der Waals surface area contributed by atoms with Crippen molar-refractivity contribution >= 4 is 36.3 Å². The highest BCUT2D eigenvalue weighted by molar-refractivity contribution is 7.83.